The summed E-state index contributed by atoms with van der Waals surface area (Å²) in [5, 5.41) is 12.1. The second kappa shape index (κ2) is 7.99. The summed E-state index contributed by atoms with van der Waals surface area (Å²) in [7, 11) is 0. The molecule has 0 spiro atoms. The molecular weight excluding hydrogens is 335 g/mol. The zero-order valence-corrected chi connectivity index (χ0v) is 14.3. The molecule has 5 nitrogen and oxygen atoms in total. The third-order valence-electron chi connectivity index (χ3n) is 4.69. The lowest BCUT2D eigenvalue weighted by molar-refractivity contribution is -0.144. The van der Waals surface area contributed by atoms with E-state index in [1.165, 1.54) is 29.2 Å². The van der Waals surface area contributed by atoms with Crippen LogP contribution in [0.4, 0.5) is 10.1 Å². The average molecular weight is 356 g/mol. The number of aromatic hydroxyl groups is 1. The van der Waals surface area contributed by atoms with Gasteiger partial charge in [-0.15, -0.1) is 0 Å². The van der Waals surface area contributed by atoms with Crippen LogP contribution in [0, 0.1) is 11.7 Å². The van der Waals surface area contributed by atoms with E-state index in [1.54, 1.807) is 24.3 Å². The van der Waals surface area contributed by atoms with E-state index < -0.39 is 11.8 Å². The van der Waals surface area contributed by atoms with Crippen LogP contribution >= 0.6 is 0 Å². The van der Waals surface area contributed by atoms with Crippen LogP contribution < -0.4 is 5.32 Å². The van der Waals surface area contributed by atoms with Crippen molar-refractivity contribution < 1.29 is 19.1 Å². The van der Waals surface area contributed by atoms with Gasteiger partial charge in [-0.1, -0.05) is 24.3 Å². The number of halogens is 1. The van der Waals surface area contributed by atoms with E-state index >= 15 is 0 Å². The van der Waals surface area contributed by atoms with Crippen molar-refractivity contribution in [2.45, 2.75) is 19.3 Å². The fraction of sp³-hybridized carbons (Fsp3) is 0.300. The largest absolute Gasteiger partial charge is 0.506 e. The first-order chi connectivity index (χ1) is 12.5. The number of amides is 2. The highest BCUT2D eigenvalue weighted by atomic mass is 19.1. The van der Waals surface area contributed by atoms with Crippen LogP contribution in [-0.4, -0.2) is 34.9 Å². The van der Waals surface area contributed by atoms with Crippen LogP contribution in [0.3, 0.4) is 0 Å². The van der Waals surface area contributed by atoms with Crippen molar-refractivity contribution in [3.05, 3.63) is 59.9 Å². The van der Waals surface area contributed by atoms with Crippen LogP contribution in [0.15, 0.2) is 48.5 Å². The Hall–Kier alpha value is -2.89. The monoisotopic (exact) mass is 356 g/mol. The van der Waals surface area contributed by atoms with E-state index in [1.807, 2.05) is 0 Å². The molecule has 2 amide bonds. The van der Waals surface area contributed by atoms with E-state index in [0.29, 0.717) is 19.0 Å². The number of nitrogens with one attached hydrogen (secondary N) is 1. The molecule has 6 heteroatoms. The van der Waals surface area contributed by atoms with Gasteiger partial charge in [0.25, 0.3) is 0 Å². The summed E-state index contributed by atoms with van der Waals surface area (Å²) in [6.07, 6.45) is 2.44. The number of nitrogens with zero attached hydrogens (tertiary/aromatic N) is 1. The minimum absolute atomic E-state index is 0.0772. The minimum atomic E-state index is -0.747. The van der Waals surface area contributed by atoms with E-state index in [2.05, 4.69) is 5.32 Å². The molecule has 26 heavy (non-hydrogen) atoms. The van der Waals surface area contributed by atoms with Gasteiger partial charge in [0, 0.05) is 13.1 Å². The number of anilines is 1. The Balaban J connectivity index is 1.50. The number of phenolic OH excluding ortho intramolecular Hbond substituents is 1. The number of phenols is 1. The highest BCUT2D eigenvalue weighted by molar-refractivity contribution is 6.39. The van der Waals surface area contributed by atoms with E-state index in [4.69, 9.17) is 0 Å². The summed E-state index contributed by atoms with van der Waals surface area (Å²) < 4.78 is 13.0. The average Bonchev–Trinajstić information content (AvgIpc) is 2.65. The fourth-order valence-electron chi connectivity index (χ4n) is 3.19. The fourth-order valence-corrected chi connectivity index (χ4v) is 3.19. The lowest BCUT2D eigenvalue weighted by atomic mass is 9.90. The van der Waals surface area contributed by atoms with Gasteiger partial charge in [-0.2, -0.15) is 0 Å². The summed E-state index contributed by atoms with van der Waals surface area (Å²) in [5.41, 5.74) is 1.30. The number of hydrogen-bond donors (Lipinski definition) is 2. The molecule has 0 atom stereocenters. The molecule has 0 aromatic heterocycles. The van der Waals surface area contributed by atoms with Gasteiger partial charge in [0.15, 0.2) is 0 Å². The zero-order valence-electron chi connectivity index (χ0n) is 14.3. The van der Waals surface area contributed by atoms with Crippen LogP contribution in [0.2, 0.25) is 0 Å². The van der Waals surface area contributed by atoms with Gasteiger partial charge in [0.2, 0.25) is 0 Å². The molecule has 1 fully saturated rings. The van der Waals surface area contributed by atoms with Crippen molar-refractivity contribution in [3.8, 4) is 5.75 Å². The number of likely N-dealkylation sites (tertiary alicyclic amines) is 1. The molecule has 0 unspecified atom stereocenters. The van der Waals surface area contributed by atoms with Crippen molar-refractivity contribution in [3.63, 3.8) is 0 Å². The summed E-state index contributed by atoms with van der Waals surface area (Å²) in [5.74, 6) is -1.25. The Kier molecular flexibility index (Phi) is 5.51. The Morgan fingerprint density at radius 1 is 1.08 bits per heavy atom. The number of rotatable bonds is 3. The SMILES string of the molecule is O=C(Nc1ccccc1O)C(=O)N1CCC(Cc2ccc(F)cc2)CC1. The van der Waals surface area contributed by atoms with Crippen LogP contribution in [-0.2, 0) is 16.0 Å². The van der Waals surface area contributed by atoms with Gasteiger partial charge in [0.05, 0.1) is 5.69 Å². The first-order valence-corrected chi connectivity index (χ1v) is 8.65. The first kappa shape index (κ1) is 17.9. The molecule has 136 valence electrons. The number of benzene rings is 2. The number of para-hydroxylation sites is 2. The zero-order chi connectivity index (χ0) is 18.5. The summed E-state index contributed by atoms with van der Waals surface area (Å²) in [6, 6.07) is 12.8. The molecule has 1 heterocycles. The number of carbonyl (C=O) groups is 2. The summed E-state index contributed by atoms with van der Waals surface area (Å²) in [4.78, 5) is 26.0. The molecule has 2 aromatic rings. The van der Waals surface area contributed by atoms with Gasteiger partial charge < -0.3 is 15.3 Å². The van der Waals surface area contributed by atoms with Gasteiger partial charge in [0.1, 0.15) is 11.6 Å². The lowest BCUT2D eigenvalue weighted by Gasteiger charge is -2.31. The molecule has 2 aromatic carbocycles. The molecule has 0 bridgehead atoms. The van der Waals surface area contributed by atoms with Crippen molar-refractivity contribution in [2.75, 3.05) is 18.4 Å². The highest BCUT2D eigenvalue weighted by Crippen LogP contribution is 2.24. The number of hydrogen-bond acceptors (Lipinski definition) is 3. The summed E-state index contributed by atoms with van der Waals surface area (Å²) >= 11 is 0. The molecule has 0 saturated carbocycles. The molecule has 2 N–H and O–H groups in total. The summed E-state index contributed by atoms with van der Waals surface area (Å²) in [6.45, 7) is 1.03. The third-order valence-corrected chi connectivity index (χ3v) is 4.69. The number of carbonyl (C=O) groups excluding carboxylic acids is 2. The lowest BCUT2D eigenvalue weighted by Crippen LogP contribution is -2.44. The highest BCUT2D eigenvalue weighted by Gasteiger charge is 2.27. The third kappa shape index (κ3) is 4.39. The van der Waals surface area contributed by atoms with Crippen molar-refractivity contribution in [1.82, 2.24) is 4.90 Å². The van der Waals surface area contributed by atoms with Gasteiger partial charge in [-0.05, 0) is 55.0 Å². The Bertz CT molecular complexity index is 784. The van der Waals surface area contributed by atoms with Crippen molar-refractivity contribution in [1.29, 1.82) is 0 Å². The molecule has 1 saturated heterocycles. The Labute approximate surface area is 151 Å². The topological polar surface area (TPSA) is 69.6 Å². The van der Waals surface area contributed by atoms with Crippen molar-refractivity contribution >= 4 is 17.5 Å². The molecule has 0 aliphatic carbocycles. The maximum absolute atomic E-state index is 13.0. The Morgan fingerprint density at radius 2 is 1.73 bits per heavy atom. The maximum Gasteiger partial charge on any atom is 0.314 e. The predicted molar refractivity (Wildman–Crippen MR) is 96.1 cm³/mol. The Morgan fingerprint density at radius 3 is 2.38 bits per heavy atom. The molecule has 0 radical (unpaired) electrons. The number of piperidine rings is 1. The van der Waals surface area contributed by atoms with E-state index in [0.717, 1.165) is 24.8 Å². The second-order valence-corrected chi connectivity index (χ2v) is 6.54. The van der Waals surface area contributed by atoms with Crippen molar-refractivity contribution in [2.24, 2.45) is 5.92 Å². The van der Waals surface area contributed by atoms with E-state index in [-0.39, 0.29) is 17.3 Å². The van der Waals surface area contributed by atoms with Gasteiger partial charge in [-0.3, -0.25) is 9.59 Å². The van der Waals surface area contributed by atoms with Crippen LogP contribution in [0.25, 0.3) is 0 Å². The second-order valence-electron chi connectivity index (χ2n) is 6.54. The maximum atomic E-state index is 13.0. The van der Waals surface area contributed by atoms with Gasteiger partial charge >= 0.3 is 11.8 Å². The quantitative estimate of drug-likeness (QED) is 0.656. The van der Waals surface area contributed by atoms with Gasteiger partial charge in [-0.25, -0.2) is 4.39 Å². The molecule has 3 rings (SSSR count). The van der Waals surface area contributed by atoms with Crippen LogP contribution in [0.5, 0.6) is 5.75 Å². The molecular formula is C20H21FN2O3. The molecule has 1 aliphatic rings. The minimum Gasteiger partial charge on any atom is -0.506 e. The normalized spacial score (nSPS) is 14.9. The van der Waals surface area contributed by atoms with E-state index in [9.17, 15) is 19.1 Å². The van der Waals surface area contributed by atoms with Crippen LogP contribution in [0.1, 0.15) is 18.4 Å². The smallest absolute Gasteiger partial charge is 0.314 e. The molecule has 1 aliphatic heterocycles. The first-order valence-electron chi connectivity index (χ1n) is 8.65. The predicted octanol–water partition coefficient (Wildman–Crippen LogP) is 2.95. The standard InChI is InChI=1S/C20H21FN2O3/c21-16-7-5-14(6-8-16)13-15-9-11-23(12-10-15)20(26)19(25)22-17-3-1-2-4-18(17)24/h1-8,15,24H,9-13H2,(H,22,25).